The van der Waals surface area contributed by atoms with Gasteiger partial charge in [0.15, 0.2) is 0 Å². The number of nitrogens with one attached hydrogen (secondary N) is 1. The van der Waals surface area contributed by atoms with E-state index in [9.17, 15) is 9.18 Å². The molecule has 0 fully saturated rings. The van der Waals surface area contributed by atoms with Gasteiger partial charge in [0.25, 0.3) is 5.91 Å². The molecule has 0 radical (unpaired) electrons. The molecule has 0 saturated heterocycles. The molecular formula is C22H16FN3O2. The number of ether oxygens (including phenoxy) is 1. The van der Waals surface area contributed by atoms with Crippen LogP contribution in [-0.2, 0) is 6.61 Å². The number of nitrogens with zero attached hydrogens (tertiary/aromatic N) is 2. The molecule has 28 heavy (non-hydrogen) atoms. The van der Waals surface area contributed by atoms with Crippen LogP contribution in [0.3, 0.4) is 0 Å². The average Bonchev–Trinajstić information content (AvgIpc) is 2.73. The maximum absolute atomic E-state index is 12.9. The first kappa shape index (κ1) is 18.8. The topological polar surface area (TPSA) is 74.5 Å². The fraction of sp³-hybridized carbons (Fsp3) is 0.0455. The van der Waals surface area contributed by atoms with E-state index < -0.39 is 0 Å². The maximum atomic E-state index is 12.9. The van der Waals surface area contributed by atoms with Crippen molar-refractivity contribution in [2.24, 2.45) is 5.10 Å². The Balaban J connectivity index is 1.56. The molecule has 3 rings (SSSR count). The minimum Gasteiger partial charge on any atom is -0.489 e. The molecule has 6 heteroatoms. The second kappa shape index (κ2) is 9.10. The number of amides is 1. The number of hydrogen-bond donors (Lipinski definition) is 1. The molecule has 1 N–H and O–H groups in total. The van der Waals surface area contributed by atoms with Crippen LogP contribution in [0.15, 0.2) is 77.9 Å². The highest BCUT2D eigenvalue weighted by Gasteiger charge is 2.03. The number of benzene rings is 3. The number of halogens is 1. The van der Waals surface area contributed by atoms with Gasteiger partial charge in [-0.2, -0.15) is 10.4 Å². The van der Waals surface area contributed by atoms with Crippen LogP contribution in [0.1, 0.15) is 27.0 Å². The van der Waals surface area contributed by atoms with E-state index in [0.29, 0.717) is 23.5 Å². The Bertz CT molecular complexity index is 1020. The van der Waals surface area contributed by atoms with Gasteiger partial charge in [0.2, 0.25) is 0 Å². The number of hydrogen-bond acceptors (Lipinski definition) is 4. The van der Waals surface area contributed by atoms with Crippen molar-refractivity contribution < 1.29 is 13.9 Å². The zero-order valence-electron chi connectivity index (χ0n) is 14.8. The second-order valence-corrected chi connectivity index (χ2v) is 5.88. The van der Waals surface area contributed by atoms with Crippen LogP contribution in [0.2, 0.25) is 0 Å². The lowest BCUT2D eigenvalue weighted by Gasteiger charge is -2.07. The third-order valence-corrected chi connectivity index (χ3v) is 3.83. The highest BCUT2D eigenvalue weighted by Crippen LogP contribution is 2.14. The van der Waals surface area contributed by atoms with Crippen LogP contribution >= 0.6 is 0 Å². The van der Waals surface area contributed by atoms with Crippen LogP contribution in [0.25, 0.3) is 0 Å². The summed E-state index contributed by atoms with van der Waals surface area (Å²) in [6, 6.07) is 21.6. The highest BCUT2D eigenvalue weighted by atomic mass is 19.1. The highest BCUT2D eigenvalue weighted by molar-refractivity contribution is 5.95. The first-order valence-electron chi connectivity index (χ1n) is 8.45. The molecule has 0 spiro atoms. The van der Waals surface area contributed by atoms with E-state index in [1.807, 2.05) is 18.2 Å². The summed E-state index contributed by atoms with van der Waals surface area (Å²) in [6.45, 7) is 0.316. The van der Waals surface area contributed by atoms with Crippen molar-refractivity contribution in [2.45, 2.75) is 6.61 Å². The van der Waals surface area contributed by atoms with Gasteiger partial charge in [0.1, 0.15) is 18.2 Å². The summed E-state index contributed by atoms with van der Waals surface area (Å²) in [6.07, 6.45) is 1.51. The molecule has 0 aliphatic carbocycles. The predicted molar refractivity (Wildman–Crippen MR) is 103 cm³/mol. The van der Waals surface area contributed by atoms with Gasteiger partial charge in [-0.1, -0.05) is 24.3 Å². The quantitative estimate of drug-likeness (QED) is 0.523. The summed E-state index contributed by atoms with van der Waals surface area (Å²) < 4.78 is 18.6. The number of hydrazone groups is 1. The maximum Gasteiger partial charge on any atom is 0.271 e. The SMILES string of the molecule is N#Cc1ccc(C(=O)N/N=C\c2cccc(OCc3ccc(F)cc3)c2)cc1. The number of rotatable bonds is 6. The third-order valence-electron chi connectivity index (χ3n) is 3.83. The summed E-state index contributed by atoms with van der Waals surface area (Å²) in [5.74, 6) is -0.0267. The molecule has 0 aliphatic heterocycles. The molecule has 5 nitrogen and oxygen atoms in total. The Morgan fingerprint density at radius 3 is 2.57 bits per heavy atom. The molecule has 0 atom stereocenters. The first-order chi connectivity index (χ1) is 13.6. The fourth-order valence-electron chi connectivity index (χ4n) is 2.36. The Morgan fingerprint density at radius 2 is 1.86 bits per heavy atom. The summed E-state index contributed by atoms with van der Waals surface area (Å²) in [4.78, 5) is 12.0. The predicted octanol–water partition coefficient (Wildman–Crippen LogP) is 4.04. The van der Waals surface area contributed by atoms with Crippen molar-refractivity contribution in [3.63, 3.8) is 0 Å². The molecule has 3 aromatic rings. The van der Waals surface area contributed by atoms with Crippen LogP contribution in [0.5, 0.6) is 5.75 Å². The Morgan fingerprint density at radius 1 is 1.11 bits per heavy atom. The summed E-state index contributed by atoms with van der Waals surface area (Å²) >= 11 is 0. The fourth-order valence-corrected chi connectivity index (χ4v) is 2.36. The van der Waals surface area contributed by atoms with Crippen molar-refractivity contribution >= 4 is 12.1 Å². The van der Waals surface area contributed by atoms with E-state index in [-0.39, 0.29) is 11.7 Å². The average molecular weight is 373 g/mol. The van der Waals surface area contributed by atoms with E-state index in [1.54, 1.807) is 48.5 Å². The van der Waals surface area contributed by atoms with Gasteiger partial charge in [-0.15, -0.1) is 0 Å². The van der Waals surface area contributed by atoms with E-state index in [0.717, 1.165) is 11.1 Å². The zero-order chi connectivity index (χ0) is 19.8. The second-order valence-electron chi connectivity index (χ2n) is 5.88. The van der Waals surface area contributed by atoms with Crippen molar-refractivity contribution in [3.05, 3.63) is 101 Å². The molecule has 0 heterocycles. The third kappa shape index (κ3) is 5.26. The van der Waals surface area contributed by atoms with Gasteiger partial charge in [-0.25, -0.2) is 9.82 Å². The van der Waals surface area contributed by atoms with E-state index in [1.165, 1.54) is 18.3 Å². The molecule has 0 unspecified atom stereocenters. The zero-order valence-corrected chi connectivity index (χ0v) is 14.8. The van der Waals surface area contributed by atoms with Crippen molar-refractivity contribution in [2.75, 3.05) is 0 Å². The largest absolute Gasteiger partial charge is 0.489 e. The number of carbonyl (C=O) groups is 1. The van der Waals surface area contributed by atoms with Gasteiger partial charge in [0.05, 0.1) is 17.8 Å². The molecular weight excluding hydrogens is 357 g/mol. The van der Waals surface area contributed by atoms with E-state index in [2.05, 4.69) is 10.5 Å². The van der Waals surface area contributed by atoms with Gasteiger partial charge in [-0.05, 0) is 59.7 Å². The van der Waals surface area contributed by atoms with Gasteiger partial charge in [0, 0.05) is 5.56 Å². The molecule has 3 aromatic carbocycles. The lowest BCUT2D eigenvalue weighted by molar-refractivity contribution is 0.0955. The van der Waals surface area contributed by atoms with Crippen molar-refractivity contribution in [1.29, 1.82) is 5.26 Å². The molecule has 1 amide bonds. The van der Waals surface area contributed by atoms with Crippen LogP contribution < -0.4 is 10.2 Å². The first-order valence-corrected chi connectivity index (χ1v) is 8.45. The Labute approximate surface area is 161 Å². The number of carbonyl (C=O) groups excluding carboxylic acids is 1. The number of nitriles is 1. The normalized spacial score (nSPS) is 10.4. The smallest absolute Gasteiger partial charge is 0.271 e. The minimum absolute atomic E-state index is 0.287. The minimum atomic E-state index is -0.371. The van der Waals surface area contributed by atoms with Crippen LogP contribution in [0.4, 0.5) is 4.39 Å². The molecule has 0 aliphatic rings. The molecule has 138 valence electrons. The molecule has 0 bridgehead atoms. The van der Waals surface area contributed by atoms with Gasteiger partial charge in [-0.3, -0.25) is 4.79 Å². The van der Waals surface area contributed by atoms with Crippen molar-refractivity contribution in [1.82, 2.24) is 5.43 Å². The van der Waals surface area contributed by atoms with Crippen LogP contribution in [-0.4, -0.2) is 12.1 Å². The van der Waals surface area contributed by atoms with Crippen LogP contribution in [0, 0.1) is 17.1 Å². The lowest BCUT2D eigenvalue weighted by atomic mass is 10.1. The van der Waals surface area contributed by atoms with Crippen molar-refractivity contribution in [3.8, 4) is 11.8 Å². The Kier molecular flexibility index (Phi) is 6.11. The summed E-state index contributed by atoms with van der Waals surface area (Å²) in [5, 5.41) is 12.7. The van der Waals surface area contributed by atoms with E-state index >= 15 is 0 Å². The standard InChI is InChI=1S/C22H16FN3O2/c23-20-10-6-17(7-11-20)15-28-21-3-1-2-18(12-21)14-25-26-22(27)19-8-4-16(13-24)5-9-19/h1-12,14H,15H2,(H,26,27)/b25-14-. The summed E-state index contributed by atoms with van der Waals surface area (Å²) in [7, 11) is 0. The van der Waals surface area contributed by atoms with E-state index in [4.69, 9.17) is 10.00 Å². The Hall–Kier alpha value is -3.98. The van der Waals surface area contributed by atoms with Gasteiger partial charge >= 0.3 is 0 Å². The lowest BCUT2D eigenvalue weighted by Crippen LogP contribution is -2.17. The summed E-state index contributed by atoms with van der Waals surface area (Å²) in [5.41, 5.74) is 4.94. The molecule has 0 saturated carbocycles. The van der Waals surface area contributed by atoms with Gasteiger partial charge < -0.3 is 4.74 Å². The molecule has 0 aromatic heterocycles. The monoisotopic (exact) mass is 373 g/mol.